The first-order chi connectivity index (χ1) is 13.6. The third-order valence-corrected chi connectivity index (χ3v) is 5.47. The van der Waals surface area contributed by atoms with Gasteiger partial charge >= 0.3 is 0 Å². The molecule has 2 unspecified atom stereocenters. The number of aliphatic hydroxyl groups is 1. The van der Waals surface area contributed by atoms with Crippen molar-refractivity contribution in [2.75, 3.05) is 6.54 Å². The maximum absolute atomic E-state index is 14.8. The number of hydrogen-bond donors (Lipinski definition) is 3. The van der Waals surface area contributed by atoms with Crippen molar-refractivity contribution < 1.29 is 18.7 Å². The molecular formula is C22H31FN2O3. The molecule has 2 atom stereocenters. The van der Waals surface area contributed by atoms with Gasteiger partial charge in [-0.25, -0.2) is 4.39 Å². The van der Waals surface area contributed by atoms with Crippen molar-refractivity contribution in [1.29, 1.82) is 0 Å². The summed E-state index contributed by atoms with van der Waals surface area (Å²) in [6.07, 6.45) is 7.92. The predicted octanol–water partition coefficient (Wildman–Crippen LogP) is 3.81. The summed E-state index contributed by atoms with van der Waals surface area (Å²) in [7, 11) is 0. The molecule has 1 aliphatic heterocycles. The number of unbranched alkanes of at least 4 members (excludes halogenated alkanes) is 5. The summed E-state index contributed by atoms with van der Waals surface area (Å²) in [5, 5.41) is 15.9. The third-order valence-electron chi connectivity index (χ3n) is 5.47. The van der Waals surface area contributed by atoms with Crippen LogP contribution in [-0.4, -0.2) is 29.7 Å². The second-order valence-corrected chi connectivity index (χ2v) is 7.69. The molecule has 2 aromatic rings. The van der Waals surface area contributed by atoms with Crippen LogP contribution in [0.5, 0.6) is 0 Å². The largest absolute Gasteiger partial charge is 0.461 e. The van der Waals surface area contributed by atoms with Gasteiger partial charge in [0.05, 0.1) is 11.5 Å². The average Bonchev–Trinajstić information content (AvgIpc) is 3.30. The highest BCUT2D eigenvalue weighted by atomic mass is 19.1. The van der Waals surface area contributed by atoms with Crippen molar-refractivity contribution in [3.8, 4) is 0 Å². The topological polar surface area (TPSA) is 74.5 Å². The van der Waals surface area contributed by atoms with E-state index < -0.39 is 12.1 Å². The van der Waals surface area contributed by atoms with Crippen LogP contribution in [0.15, 0.2) is 22.6 Å². The minimum atomic E-state index is -0.689. The zero-order valence-corrected chi connectivity index (χ0v) is 16.6. The lowest BCUT2D eigenvalue weighted by molar-refractivity contribution is -0.124. The Bertz CT molecular complexity index is 789. The van der Waals surface area contributed by atoms with Crippen molar-refractivity contribution in [3.63, 3.8) is 0 Å². The number of furan rings is 1. The van der Waals surface area contributed by atoms with E-state index in [1.54, 1.807) is 18.2 Å². The third kappa shape index (κ3) is 5.11. The lowest BCUT2D eigenvalue weighted by Crippen LogP contribution is -2.45. The van der Waals surface area contributed by atoms with E-state index in [9.17, 15) is 14.3 Å². The molecule has 0 saturated carbocycles. The summed E-state index contributed by atoms with van der Waals surface area (Å²) in [6, 6.07) is 4.57. The Morgan fingerprint density at radius 1 is 1.29 bits per heavy atom. The highest BCUT2D eigenvalue weighted by Crippen LogP contribution is 2.26. The van der Waals surface area contributed by atoms with Crippen LogP contribution in [0.25, 0.3) is 11.0 Å². The second kappa shape index (κ2) is 10.0. The van der Waals surface area contributed by atoms with Crippen LogP contribution in [0.3, 0.4) is 0 Å². The summed E-state index contributed by atoms with van der Waals surface area (Å²) in [6.45, 7) is 2.90. The zero-order chi connectivity index (χ0) is 19.9. The van der Waals surface area contributed by atoms with Gasteiger partial charge in [-0.2, -0.15) is 0 Å². The Morgan fingerprint density at radius 3 is 2.82 bits per heavy atom. The Labute approximate surface area is 165 Å². The van der Waals surface area contributed by atoms with Gasteiger partial charge in [0.2, 0.25) is 5.91 Å². The minimum Gasteiger partial charge on any atom is -0.461 e. The standard InChI is InChI=1S/C22H31FN2O3/c1-2-3-4-5-6-7-8-16-13-17-19(28-16)10-9-15(20(17)23)14-25-22(27)21-18(26)11-12-24-21/h9-10,13,18,21,24,26H,2-8,11-12,14H2,1H3,(H,25,27). The van der Waals surface area contributed by atoms with E-state index in [0.717, 1.165) is 25.0 Å². The van der Waals surface area contributed by atoms with Gasteiger partial charge in [-0.3, -0.25) is 4.79 Å². The first kappa shape index (κ1) is 20.8. The van der Waals surface area contributed by atoms with Crippen molar-refractivity contribution in [2.24, 2.45) is 0 Å². The molecule has 0 radical (unpaired) electrons. The number of halogens is 1. The molecule has 5 nitrogen and oxygen atoms in total. The van der Waals surface area contributed by atoms with Crippen LogP contribution < -0.4 is 10.6 Å². The molecule has 3 rings (SSSR count). The van der Waals surface area contributed by atoms with Gasteiger partial charge in [0.15, 0.2) is 0 Å². The highest BCUT2D eigenvalue weighted by Gasteiger charge is 2.30. The van der Waals surface area contributed by atoms with Crippen LogP contribution in [0, 0.1) is 5.82 Å². The molecule has 0 aliphatic carbocycles. The van der Waals surface area contributed by atoms with Gasteiger partial charge in [-0.05, 0) is 31.5 Å². The molecule has 3 N–H and O–H groups in total. The SMILES string of the molecule is CCCCCCCCc1cc2c(F)c(CNC(=O)C3NCCC3O)ccc2o1. The number of carbonyl (C=O) groups excluding carboxylic acids is 1. The average molecular weight is 390 g/mol. The molecule has 1 aliphatic rings. The molecule has 1 saturated heterocycles. The molecule has 1 aromatic heterocycles. The number of rotatable bonds is 10. The van der Waals surface area contributed by atoms with Gasteiger partial charge in [-0.1, -0.05) is 45.1 Å². The van der Waals surface area contributed by atoms with Crippen LogP contribution in [-0.2, 0) is 17.8 Å². The molecule has 2 heterocycles. The van der Waals surface area contributed by atoms with E-state index in [2.05, 4.69) is 17.6 Å². The Kier molecular flexibility index (Phi) is 7.45. The molecule has 1 fully saturated rings. The molecule has 1 aromatic carbocycles. The number of nitrogens with one attached hydrogen (secondary N) is 2. The fourth-order valence-corrected chi connectivity index (χ4v) is 3.76. The Hall–Kier alpha value is -1.92. The summed E-state index contributed by atoms with van der Waals surface area (Å²) in [5.41, 5.74) is 0.960. The van der Waals surface area contributed by atoms with Crippen molar-refractivity contribution in [1.82, 2.24) is 10.6 Å². The lowest BCUT2D eigenvalue weighted by atomic mass is 10.1. The molecule has 0 bridgehead atoms. The Balaban J connectivity index is 1.56. The number of aliphatic hydroxyl groups excluding tert-OH is 1. The van der Waals surface area contributed by atoms with Crippen molar-refractivity contribution in [2.45, 2.75) is 77.0 Å². The van der Waals surface area contributed by atoms with E-state index in [1.807, 2.05) is 0 Å². The number of amides is 1. The number of aryl methyl sites for hydroxylation is 1. The number of hydrogen-bond acceptors (Lipinski definition) is 4. The number of fused-ring (bicyclic) bond motifs is 1. The van der Waals surface area contributed by atoms with E-state index >= 15 is 0 Å². The second-order valence-electron chi connectivity index (χ2n) is 7.69. The van der Waals surface area contributed by atoms with Gasteiger partial charge in [-0.15, -0.1) is 0 Å². The minimum absolute atomic E-state index is 0.0868. The lowest BCUT2D eigenvalue weighted by Gasteiger charge is -2.15. The number of carbonyl (C=O) groups is 1. The highest BCUT2D eigenvalue weighted by molar-refractivity contribution is 5.83. The van der Waals surface area contributed by atoms with Crippen molar-refractivity contribution in [3.05, 3.63) is 35.3 Å². The van der Waals surface area contributed by atoms with Gasteiger partial charge in [0.1, 0.15) is 23.2 Å². The fourth-order valence-electron chi connectivity index (χ4n) is 3.76. The molecule has 154 valence electrons. The van der Waals surface area contributed by atoms with E-state index in [1.165, 1.54) is 25.7 Å². The molecule has 0 spiro atoms. The maximum Gasteiger partial charge on any atom is 0.240 e. The number of benzene rings is 1. The van der Waals surface area contributed by atoms with Crippen LogP contribution >= 0.6 is 0 Å². The normalized spacial score (nSPS) is 19.4. The molecule has 6 heteroatoms. The maximum atomic E-state index is 14.8. The van der Waals surface area contributed by atoms with E-state index in [-0.39, 0.29) is 18.3 Å². The monoisotopic (exact) mass is 390 g/mol. The molecular weight excluding hydrogens is 359 g/mol. The van der Waals surface area contributed by atoms with Gasteiger partial charge in [0, 0.05) is 18.5 Å². The van der Waals surface area contributed by atoms with E-state index in [0.29, 0.717) is 29.5 Å². The fraction of sp³-hybridized carbons (Fsp3) is 0.591. The van der Waals surface area contributed by atoms with Crippen LogP contribution in [0.1, 0.15) is 63.2 Å². The first-order valence-electron chi connectivity index (χ1n) is 10.5. The van der Waals surface area contributed by atoms with Gasteiger partial charge < -0.3 is 20.2 Å². The summed E-state index contributed by atoms with van der Waals surface area (Å²) in [4.78, 5) is 12.1. The predicted molar refractivity (Wildman–Crippen MR) is 108 cm³/mol. The molecule has 1 amide bonds. The van der Waals surface area contributed by atoms with Crippen LogP contribution in [0.4, 0.5) is 4.39 Å². The van der Waals surface area contributed by atoms with Crippen molar-refractivity contribution >= 4 is 16.9 Å². The smallest absolute Gasteiger partial charge is 0.240 e. The Morgan fingerprint density at radius 2 is 2.07 bits per heavy atom. The summed E-state index contributed by atoms with van der Waals surface area (Å²) >= 11 is 0. The zero-order valence-electron chi connectivity index (χ0n) is 16.6. The first-order valence-corrected chi connectivity index (χ1v) is 10.5. The molecule has 28 heavy (non-hydrogen) atoms. The quantitative estimate of drug-likeness (QED) is 0.539. The van der Waals surface area contributed by atoms with Gasteiger partial charge in [0.25, 0.3) is 0 Å². The summed E-state index contributed by atoms with van der Waals surface area (Å²) in [5.74, 6) is 0.153. The van der Waals surface area contributed by atoms with Crippen LogP contribution in [0.2, 0.25) is 0 Å². The summed E-state index contributed by atoms with van der Waals surface area (Å²) < 4.78 is 20.6. The van der Waals surface area contributed by atoms with E-state index in [4.69, 9.17) is 4.42 Å².